The van der Waals surface area contributed by atoms with Crippen LogP contribution in [0.3, 0.4) is 0 Å². The van der Waals surface area contributed by atoms with E-state index < -0.39 is 0 Å². The zero-order valence-electron chi connectivity index (χ0n) is 15.4. The predicted molar refractivity (Wildman–Crippen MR) is 110 cm³/mol. The molecule has 0 aliphatic carbocycles. The Hall–Kier alpha value is -2.53. The van der Waals surface area contributed by atoms with E-state index in [0.717, 1.165) is 5.56 Å². The van der Waals surface area contributed by atoms with E-state index in [0.29, 0.717) is 24.3 Å². The van der Waals surface area contributed by atoms with Crippen LogP contribution < -0.4 is 5.32 Å². The van der Waals surface area contributed by atoms with Gasteiger partial charge in [0.1, 0.15) is 0 Å². The minimum absolute atomic E-state index is 0.00135. The van der Waals surface area contributed by atoms with Crippen molar-refractivity contribution in [3.05, 3.63) is 65.7 Å². The lowest BCUT2D eigenvalue weighted by atomic mass is 10.1. The molecular formula is C21H24N2O2S. The van der Waals surface area contributed by atoms with Crippen LogP contribution in [0.15, 0.2) is 59.5 Å². The maximum atomic E-state index is 12.3. The molecular weight excluding hydrogens is 344 g/mol. The van der Waals surface area contributed by atoms with Crippen molar-refractivity contribution in [1.82, 2.24) is 4.90 Å². The number of nitrogens with one attached hydrogen (secondary N) is 1. The lowest BCUT2D eigenvalue weighted by Gasteiger charge is -2.18. The molecule has 0 heterocycles. The molecule has 0 aliphatic heterocycles. The number of anilines is 1. The Labute approximate surface area is 159 Å². The highest BCUT2D eigenvalue weighted by atomic mass is 32.2. The molecule has 0 aromatic heterocycles. The summed E-state index contributed by atoms with van der Waals surface area (Å²) in [6.07, 6.45) is 5.31. The molecule has 2 aromatic rings. The molecule has 2 aromatic carbocycles. The second-order valence-electron chi connectivity index (χ2n) is 5.65. The van der Waals surface area contributed by atoms with E-state index >= 15 is 0 Å². The predicted octanol–water partition coefficient (Wildman–Crippen LogP) is 4.54. The average Bonchev–Trinajstić information content (AvgIpc) is 2.68. The number of hydrogen-bond donors (Lipinski definition) is 1. The molecule has 2 amide bonds. The number of rotatable bonds is 7. The SMILES string of the molecule is CCN(CC)C(=O)c1ccc(NC(=O)/C=C/c2ccc(SC)cc2)cc1. The Morgan fingerprint density at radius 2 is 1.62 bits per heavy atom. The molecule has 0 unspecified atom stereocenters. The number of carbonyl (C=O) groups is 2. The van der Waals surface area contributed by atoms with Crippen LogP contribution in [0.2, 0.25) is 0 Å². The van der Waals surface area contributed by atoms with E-state index in [1.807, 2.05) is 44.4 Å². The van der Waals surface area contributed by atoms with Crippen LogP contribution >= 0.6 is 11.8 Å². The van der Waals surface area contributed by atoms with Gasteiger partial charge in [0.25, 0.3) is 5.91 Å². The molecule has 0 fully saturated rings. The molecule has 5 heteroatoms. The molecule has 0 saturated carbocycles. The van der Waals surface area contributed by atoms with Crippen molar-refractivity contribution in [1.29, 1.82) is 0 Å². The van der Waals surface area contributed by atoms with Gasteiger partial charge in [-0.15, -0.1) is 11.8 Å². The first-order chi connectivity index (χ1) is 12.6. The summed E-state index contributed by atoms with van der Waals surface area (Å²) in [6, 6.07) is 15.0. The van der Waals surface area contributed by atoms with Crippen molar-refractivity contribution in [2.45, 2.75) is 18.7 Å². The van der Waals surface area contributed by atoms with Gasteiger partial charge in [-0.05, 0) is 68.1 Å². The Balaban J connectivity index is 1.96. The number of thioether (sulfide) groups is 1. The Kier molecular flexibility index (Phi) is 7.48. The van der Waals surface area contributed by atoms with Crippen LogP contribution in [0, 0.1) is 0 Å². The third kappa shape index (κ3) is 5.49. The van der Waals surface area contributed by atoms with Crippen LogP contribution in [-0.4, -0.2) is 36.1 Å². The molecule has 0 atom stereocenters. The summed E-state index contributed by atoms with van der Waals surface area (Å²) in [6.45, 7) is 5.26. The molecule has 0 radical (unpaired) electrons. The molecule has 2 rings (SSSR count). The maximum Gasteiger partial charge on any atom is 0.253 e. The minimum atomic E-state index is -0.207. The topological polar surface area (TPSA) is 49.4 Å². The van der Waals surface area contributed by atoms with E-state index in [9.17, 15) is 9.59 Å². The van der Waals surface area contributed by atoms with Crippen LogP contribution in [0.1, 0.15) is 29.8 Å². The summed E-state index contributed by atoms with van der Waals surface area (Å²) in [5.41, 5.74) is 2.25. The Morgan fingerprint density at radius 3 is 2.15 bits per heavy atom. The van der Waals surface area contributed by atoms with Crippen LogP contribution in [0.25, 0.3) is 6.08 Å². The maximum absolute atomic E-state index is 12.3. The first kappa shape index (κ1) is 19.8. The largest absolute Gasteiger partial charge is 0.339 e. The highest BCUT2D eigenvalue weighted by molar-refractivity contribution is 7.98. The lowest BCUT2D eigenvalue weighted by Crippen LogP contribution is -2.30. The average molecular weight is 369 g/mol. The van der Waals surface area contributed by atoms with E-state index in [-0.39, 0.29) is 11.8 Å². The van der Waals surface area contributed by atoms with Crippen LogP contribution in [-0.2, 0) is 4.79 Å². The van der Waals surface area contributed by atoms with Gasteiger partial charge in [-0.3, -0.25) is 9.59 Å². The summed E-state index contributed by atoms with van der Waals surface area (Å²) < 4.78 is 0. The standard InChI is InChI=1S/C21H24N2O2S/c1-4-23(5-2)21(25)17-9-11-18(12-10-17)22-20(24)15-8-16-6-13-19(26-3)14-7-16/h6-15H,4-5H2,1-3H3,(H,22,24)/b15-8+. The van der Waals surface area contributed by atoms with Crippen molar-refractivity contribution in [3.63, 3.8) is 0 Å². The van der Waals surface area contributed by atoms with Gasteiger partial charge in [-0.25, -0.2) is 0 Å². The third-order valence-electron chi connectivity index (χ3n) is 3.99. The quantitative estimate of drug-likeness (QED) is 0.576. The molecule has 1 N–H and O–H groups in total. The number of benzene rings is 2. The monoisotopic (exact) mass is 368 g/mol. The second-order valence-corrected chi connectivity index (χ2v) is 6.53. The summed E-state index contributed by atoms with van der Waals surface area (Å²) in [5.74, 6) is -0.205. The minimum Gasteiger partial charge on any atom is -0.339 e. The zero-order chi connectivity index (χ0) is 18.9. The number of carbonyl (C=O) groups excluding carboxylic acids is 2. The molecule has 0 spiro atoms. The van der Waals surface area contributed by atoms with E-state index in [1.165, 1.54) is 11.0 Å². The third-order valence-corrected chi connectivity index (χ3v) is 4.74. The molecule has 136 valence electrons. The smallest absolute Gasteiger partial charge is 0.253 e. The van der Waals surface area contributed by atoms with Gasteiger partial charge >= 0.3 is 0 Å². The van der Waals surface area contributed by atoms with Gasteiger partial charge in [-0.1, -0.05) is 12.1 Å². The molecule has 4 nitrogen and oxygen atoms in total. The summed E-state index contributed by atoms with van der Waals surface area (Å²) >= 11 is 1.68. The van der Waals surface area contributed by atoms with Gasteiger partial charge in [0.05, 0.1) is 0 Å². The van der Waals surface area contributed by atoms with Gasteiger partial charge < -0.3 is 10.2 Å². The first-order valence-corrected chi connectivity index (χ1v) is 9.82. The fraction of sp³-hybridized carbons (Fsp3) is 0.238. The summed E-state index contributed by atoms with van der Waals surface area (Å²) in [7, 11) is 0. The van der Waals surface area contributed by atoms with Gasteiger partial charge in [-0.2, -0.15) is 0 Å². The van der Waals surface area contributed by atoms with Crippen molar-refractivity contribution < 1.29 is 9.59 Å². The summed E-state index contributed by atoms with van der Waals surface area (Å²) in [4.78, 5) is 27.3. The van der Waals surface area contributed by atoms with Gasteiger partial charge in [0.15, 0.2) is 0 Å². The molecule has 26 heavy (non-hydrogen) atoms. The second kappa shape index (κ2) is 9.82. The highest BCUT2D eigenvalue weighted by Gasteiger charge is 2.12. The van der Waals surface area contributed by atoms with Gasteiger partial charge in [0.2, 0.25) is 5.91 Å². The van der Waals surface area contributed by atoms with E-state index in [2.05, 4.69) is 5.32 Å². The lowest BCUT2D eigenvalue weighted by molar-refractivity contribution is -0.111. The molecule has 0 saturated heterocycles. The number of amides is 2. The van der Waals surface area contributed by atoms with Crippen molar-refractivity contribution >= 4 is 35.3 Å². The van der Waals surface area contributed by atoms with Crippen molar-refractivity contribution in [2.75, 3.05) is 24.7 Å². The number of hydrogen-bond acceptors (Lipinski definition) is 3. The van der Waals surface area contributed by atoms with E-state index in [1.54, 1.807) is 47.0 Å². The van der Waals surface area contributed by atoms with E-state index in [4.69, 9.17) is 0 Å². The molecule has 0 bridgehead atoms. The highest BCUT2D eigenvalue weighted by Crippen LogP contribution is 2.16. The van der Waals surface area contributed by atoms with Crippen LogP contribution in [0.4, 0.5) is 5.69 Å². The normalized spacial score (nSPS) is 10.7. The summed E-state index contributed by atoms with van der Waals surface area (Å²) in [5, 5.41) is 2.80. The van der Waals surface area contributed by atoms with Crippen molar-refractivity contribution in [2.24, 2.45) is 0 Å². The first-order valence-electron chi connectivity index (χ1n) is 8.59. The fourth-order valence-electron chi connectivity index (χ4n) is 2.46. The zero-order valence-corrected chi connectivity index (χ0v) is 16.2. The van der Waals surface area contributed by atoms with Crippen molar-refractivity contribution in [3.8, 4) is 0 Å². The Bertz CT molecular complexity index is 764. The number of nitrogens with zero attached hydrogens (tertiary/aromatic N) is 1. The van der Waals surface area contributed by atoms with Gasteiger partial charge in [0, 0.05) is 35.3 Å². The fourth-order valence-corrected chi connectivity index (χ4v) is 2.87. The Morgan fingerprint density at radius 1 is 1.00 bits per heavy atom. The molecule has 0 aliphatic rings. The van der Waals surface area contributed by atoms with Crippen LogP contribution in [0.5, 0.6) is 0 Å².